The minimum atomic E-state index is 0.151. The fraction of sp³-hybridized carbons (Fsp3) is 0.385. The van der Waals surface area contributed by atoms with Crippen molar-refractivity contribution in [2.24, 2.45) is 7.05 Å². The van der Waals surface area contributed by atoms with Gasteiger partial charge in [-0.1, -0.05) is 23.7 Å². The van der Waals surface area contributed by atoms with Gasteiger partial charge in [-0.3, -0.25) is 0 Å². The van der Waals surface area contributed by atoms with Gasteiger partial charge in [-0.15, -0.1) is 10.2 Å². The van der Waals surface area contributed by atoms with E-state index in [1.165, 1.54) is 5.56 Å². The summed E-state index contributed by atoms with van der Waals surface area (Å²) >= 11 is 6.10. The van der Waals surface area contributed by atoms with Gasteiger partial charge in [0.25, 0.3) is 0 Å². The van der Waals surface area contributed by atoms with E-state index in [-0.39, 0.29) is 6.04 Å². The Hall–Kier alpha value is -1.39. The lowest BCUT2D eigenvalue weighted by Crippen LogP contribution is -2.21. The Morgan fingerprint density at radius 2 is 2.22 bits per heavy atom. The predicted molar refractivity (Wildman–Crippen MR) is 72.4 cm³/mol. The molecule has 5 heteroatoms. The lowest BCUT2D eigenvalue weighted by atomic mass is 10.1. The third-order valence-corrected chi connectivity index (χ3v) is 3.39. The Bertz CT molecular complexity index is 536. The van der Waals surface area contributed by atoms with E-state index in [0.717, 1.165) is 23.0 Å². The normalized spacial score (nSPS) is 12.7. The summed E-state index contributed by atoms with van der Waals surface area (Å²) in [6.45, 7) is 4.83. The Morgan fingerprint density at radius 3 is 2.83 bits per heavy atom. The van der Waals surface area contributed by atoms with Crippen LogP contribution in [0.2, 0.25) is 5.02 Å². The third-order valence-electron chi connectivity index (χ3n) is 2.98. The quantitative estimate of drug-likeness (QED) is 0.923. The van der Waals surface area contributed by atoms with Gasteiger partial charge in [0.2, 0.25) is 0 Å². The van der Waals surface area contributed by atoms with E-state index in [2.05, 4.69) is 28.5 Å². The van der Waals surface area contributed by atoms with E-state index >= 15 is 0 Å². The number of nitrogens with one attached hydrogen (secondary N) is 1. The largest absolute Gasteiger partial charge is 0.319 e. The minimum absolute atomic E-state index is 0.151. The Balaban J connectivity index is 1.99. The first-order valence-corrected chi connectivity index (χ1v) is 6.28. The number of hydrogen-bond acceptors (Lipinski definition) is 3. The predicted octanol–water partition coefficient (Wildman–Crippen LogP) is 2.63. The maximum absolute atomic E-state index is 6.10. The van der Waals surface area contributed by atoms with Gasteiger partial charge in [-0.2, -0.15) is 0 Å². The second-order valence-corrected chi connectivity index (χ2v) is 4.89. The summed E-state index contributed by atoms with van der Waals surface area (Å²) in [5, 5.41) is 12.2. The molecule has 0 aliphatic carbocycles. The van der Waals surface area contributed by atoms with Crippen LogP contribution in [0.4, 0.5) is 0 Å². The molecule has 1 aromatic heterocycles. The molecule has 0 fully saturated rings. The number of nitrogens with zero attached hydrogens (tertiary/aromatic N) is 3. The Labute approximate surface area is 112 Å². The smallest absolute Gasteiger partial charge is 0.149 e. The molecule has 0 aliphatic heterocycles. The fourth-order valence-electron chi connectivity index (χ4n) is 1.79. The molecule has 1 atom stereocenters. The van der Waals surface area contributed by atoms with Gasteiger partial charge >= 0.3 is 0 Å². The molecule has 2 aromatic rings. The average molecular weight is 265 g/mol. The number of rotatable bonds is 4. The van der Waals surface area contributed by atoms with E-state index in [9.17, 15) is 0 Å². The van der Waals surface area contributed by atoms with Crippen LogP contribution in [0.5, 0.6) is 0 Å². The zero-order chi connectivity index (χ0) is 13.1. The van der Waals surface area contributed by atoms with Gasteiger partial charge in [0.1, 0.15) is 12.2 Å². The van der Waals surface area contributed by atoms with Gasteiger partial charge in [0.15, 0.2) is 0 Å². The molecule has 4 nitrogen and oxygen atoms in total. The van der Waals surface area contributed by atoms with Crippen LogP contribution in [0.1, 0.15) is 29.9 Å². The minimum Gasteiger partial charge on any atom is -0.319 e. The highest BCUT2D eigenvalue weighted by Crippen LogP contribution is 2.17. The van der Waals surface area contributed by atoms with Gasteiger partial charge in [0, 0.05) is 18.6 Å². The van der Waals surface area contributed by atoms with Gasteiger partial charge in [-0.25, -0.2) is 0 Å². The zero-order valence-electron chi connectivity index (χ0n) is 10.8. The standard InChI is InChI=1S/C13H17ClN4/c1-9-4-5-11(6-12(9)14)7-15-10(2)13-17-16-8-18(13)3/h4-6,8,10,15H,7H2,1-3H3. The van der Waals surface area contributed by atoms with Crippen LogP contribution in [0, 0.1) is 6.92 Å². The number of hydrogen-bond donors (Lipinski definition) is 1. The van der Waals surface area contributed by atoms with E-state index in [4.69, 9.17) is 11.6 Å². The molecule has 96 valence electrons. The Kier molecular flexibility index (Phi) is 3.99. The van der Waals surface area contributed by atoms with Crippen LogP contribution in [-0.4, -0.2) is 14.8 Å². The molecule has 0 saturated heterocycles. The summed E-state index contributed by atoms with van der Waals surface area (Å²) in [6.07, 6.45) is 1.70. The average Bonchev–Trinajstić information content (AvgIpc) is 2.77. The highest BCUT2D eigenvalue weighted by atomic mass is 35.5. The number of aromatic nitrogens is 3. The monoisotopic (exact) mass is 264 g/mol. The van der Waals surface area contributed by atoms with Crippen molar-refractivity contribution < 1.29 is 0 Å². The fourth-order valence-corrected chi connectivity index (χ4v) is 2.00. The second-order valence-electron chi connectivity index (χ2n) is 4.49. The number of benzene rings is 1. The summed E-state index contributed by atoms with van der Waals surface area (Å²) in [5.74, 6) is 0.924. The van der Waals surface area contributed by atoms with Crippen molar-refractivity contribution in [2.45, 2.75) is 26.4 Å². The van der Waals surface area contributed by atoms with E-state index < -0.39 is 0 Å². The van der Waals surface area contributed by atoms with Crippen molar-refractivity contribution >= 4 is 11.6 Å². The van der Waals surface area contributed by atoms with Crippen LogP contribution >= 0.6 is 11.6 Å². The first kappa shape index (κ1) is 13.1. The van der Waals surface area contributed by atoms with Crippen LogP contribution in [0.25, 0.3) is 0 Å². The molecule has 0 spiro atoms. The SMILES string of the molecule is Cc1ccc(CNC(C)c2nncn2C)cc1Cl. The second kappa shape index (κ2) is 5.50. The highest BCUT2D eigenvalue weighted by molar-refractivity contribution is 6.31. The first-order valence-electron chi connectivity index (χ1n) is 5.90. The van der Waals surface area contributed by atoms with Crippen molar-refractivity contribution in [3.05, 3.63) is 46.5 Å². The van der Waals surface area contributed by atoms with E-state index in [1.807, 2.05) is 30.7 Å². The van der Waals surface area contributed by atoms with Crippen LogP contribution < -0.4 is 5.32 Å². The molecule has 18 heavy (non-hydrogen) atoms. The molecular weight excluding hydrogens is 248 g/mol. The topological polar surface area (TPSA) is 42.7 Å². The molecule has 1 aromatic carbocycles. The van der Waals surface area contributed by atoms with Crippen molar-refractivity contribution in [1.82, 2.24) is 20.1 Å². The summed E-state index contributed by atoms with van der Waals surface area (Å²) in [6, 6.07) is 6.26. The van der Waals surface area contributed by atoms with Crippen molar-refractivity contribution in [3.8, 4) is 0 Å². The van der Waals surface area contributed by atoms with E-state index in [0.29, 0.717) is 0 Å². The number of halogens is 1. The maximum atomic E-state index is 6.10. The van der Waals surface area contributed by atoms with Crippen LogP contribution in [0.15, 0.2) is 24.5 Å². The van der Waals surface area contributed by atoms with Crippen LogP contribution in [-0.2, 0) is 13.6 Å². The molecule has 0 bridgehead atoms. The lowest BCUT2D eigenvalue weighted by molar-refractivity contribution is 0.528. The number of aryl methyl sites for hydroxylation is 2. The van der Waals surface area contributed by atoms with Gasteiger partial charge in [-0.05, 0) is 31.0 Å². The summed E-state index contributed by atoms with van der Waals surface area (Å²) < 4.78 is 1.92. The first-order chi connectivity index (χ1) is 8.58. The van der Waals surface area contributed by atoms with Gasteiger partial charge in [0.05, 0.1) is 6.04 Å². The molecule has 1 unspecified atom stereocenters. The van der Waals surface area contributed by atoms with Gasteiger partial charge < -0.3 is 9.88 Å². The molecule has 1 N–H and O–H groups in total. The summed E-state index contributed by atoms with van der Waals surface area (Å²) in [5.41, 5.74) is 2.27. The third kappa shape index (κ3) is 2.89. The van der Waals surface area contributed by atoms with E-state index in [1.54, 1.807) is 6.33 Å². The van der Waals surface area contributed by atoms with Crippen molar-refractivity contribution in [1.29, 1.82) is 0 Å². The molecule has 0 radical (unpaired) electrons. The Morgan fingerprint density at radius 1 is 1.44 bits per heavy atom. The summed E-state index contributed by atoms with van der Waals surface area (Å²) in [4.78, 5) is 0. The van der Waals surface area contributed by atoms with Crippen molar-refractivity contribution in [3.63, 3.8) is 0 Å². The lowest BCUT2D eigenvalue weighted by Gasteiger charge is -2.13. The highest BCUT2D eigenvalue weighted by Gasteiger charge is 2.10. The summed E-state index contributed by atoms with van der Waals surface area (Å²) in [7, 11) is 1.94. The van der Waals surface area contributed by atoms with Crippen LogP contribution in [0.3, 0.4) is 0 Å². The molecule has 1 heterocycles. The molecular formula is C13H17ClN4. The zero-order valence-corrected chi connectivity index (χ0v) is 11.6. The maximum Gasteiger partial charge on any atom is 0.149 e. The molecule has 0 aliphatic rings. The van der Waals surface area contributed by atoms with Crippen molar-refractivity contribution in [2.75, 3.05) is 0 Å². The molecule has 0 saturated carbocycles. The molecule has 0 amide bonds. The molecule has 2 rings (SSSR count).